The average molecular weight is 608 g/mol. The normalized spacial score (nSPS) is 21.2. The molecule has 5 rings (SSSR count). The molecule has 0 unspecified atom stereocenters. The molecule has 2 amide bonds. The maximum Gasteiger partial charge on any atom is 0.254 e. The molecule has 2 aliphatic rings. The Morgan fingerprint density at radius 3 is 2.52 bits per heavy atom. The van der Waals surface area contributed by atoms with E-state index in [1.165, 1.54) is 12.1 Å². The minimum atomic E-state index is -1.11. The Kier molecular flexibility index (Phi) is 10.2. The SMILES string of the molecule is COC[C@H]1CCCN1C(=O)c1cc(C)cc(C(=O)N[C@@H](Cc2cc(F)cc(F)c2)[C@@H](O)[C@@H]2C[C@@H](Oc3ccccc3)CN2)c1. The highest BCUT2D eigenvalue weighted by Crippen LogP contribution is 2.24. The van der Waals surface area contributed by atoms with Gasteiger partial charge >= 0.3 is 0 Å². The number of rotatable bonds is 11. The molecule has 2 saturated heterocycles. The molecule has 0 bridgehead atoms. The number of nitrogens with one attached hydrogen (secondary N) is 2. The molecule has 0 aliphatic carbocycles. The first-order valence-corrected chi connectivity index (χ1v) is 15.0. The van der Waals surface area contributed by atoms with Crippen molar-refractivity contribution in [2.24, 2.45) is 0 Å². The Labute approximate surface area is 256 Å². The summed E-state index contributed by atoms with van der Waals surface area (Å²) in [5, 5.41) is 17.7. The number of halogens is 2. The summed E-state index contributed by atoms with van der Waals surface area (Å²) < 4.78 is 39.5. The summed E-state index contributed by atoms with van der Waals surface area (Å²) in [6.07, 6.45) is 0.852. The largest absolute Gasteiger partial charge is 0.489 e. The lowest BCUT2D eigenvalue weighted by Gasteiger charge is -2.29. The van der Waals surface area contributed by atoms with E-state index >= 15 is 0 Å². The molecular formula is C34H39F2N3O5. The predicted molar refractivity (Wildman–Crippen MR) is 162 cm³/mol. The van der Waals surface area contributed by atoms with Crippen molar-refractivity contribution in [3.63, 3.8) is 0 Å². The van der Waals surface area contributed by atoms with Crippen LogP contribution in [0.25, 0.3) is 0 Å². The number of hydrogen-bond acceptors (Lipinski definition) is 6. The number of ether oxygens (including phenoxy) is 2. The van der Waals surface area contributed by atoms with E-state index in [0.29, 0.717) is 43.0 Å². The highest BCUT2D eigenvalue weighted by molar-refractivity contribution is 6.00. The van der Waals surface area contributed by atoms with E-state index in [1.54, 1.807) is 37.1 Å². The fourth-order valence-electron chi connectivity index (χ4n) is 6.22. The Morgan fingerprint density at radius 1 is 1.07 bits per heavy atom. The number of methoxy groups -OCH3 is 1. The molecule has 8 nitrogen and oxygen atoms in total. The molecule has 3 aromatic carbocycles. The zero-order valence-electron chi connectivity index (χ0n) is 25.0. The fourth-order valence-corrected chi connectivity index (χ4v) is 6.22. The van der Waals surface area contributed by atoms with Crippen LogP contribution in [-0.2, 0) is 11.2 Å². The third kappa shape index (κ3) is 7.80. The van der Waals surface area contributed by atoms with Gasteiger partial charge in [0.15, 0.2) is 0 Å². The number of nitrogens with zero attached hydrogens (tertiary/aromatic N) is 1. The van der Waals surface area contributed by atoms with Crippen molar-refractivity contribution >= 4 is 11.8 Å². The van der Waals surface area contributed by atoms with E-state index in [-0.39, 0.29) is 30.0 Å². The van der Waals surface area contributed by atoms with Gasteiger partial charge in [-0.1, -0.05) is 18.2 Å². The van der Waals surface area contributed by atoms with Gasteiger partial charge in [0, 0.05) is 49.9 Å². The summed E-state index contributed by atoms with van der Waals surface area (Å²) in [4.78, 5) is 28.9. The van der Waals surface area contributed by atoms with E-state index in [0.717, 1.165) is 24.5 Å². The molecule has 2 heterocycles. The molecule has 0 saturated carbocycles. The smallest absolute Gasteiger partial charge is 0.254 e. The van der Waals surface area contributed by atoms with Gasteiger partial charge in [0.1, 0.15) is 23.5 Å². The standard InChI is InChI=1S/C34H39F2N3O5/c1-21-11-23(16-24(12-21)34(42)39-10-6-7-27(39)20-43-2)33(41)38-31(15-22-13-25(35)17-26(36)14-22)32(40)30-18-29(19-37-30)44-28-8-4-3-5-9-28/h3-5,8-9,11-14,16-17,27,29-32,37,40H,6-7,10,15,18-20H2,1-2H3,(H,38,41)/t27-,29-,30+,31+,32+/m1/s1. The van der Waals surface area contributed by atoms with Gasteiger partial charge in [-0.05, 0) is 79.8 Å². The Morgan fingerprint density at radius 2 is 1.80 bits per heavy atom. The zero-order chi connectivity index (χ0) is 31.2. The van der Waals surface area contributed by atoms with Crippen LogP contribution in [0.1, 0.15) is 51.1 Å². The van der Waals surface area contributed by atoms with Crippen LogP contribution in [0, 0.1) is 18.6 Å². The van der Waals surface area contributed by atoms with E-state index < -0.39 is 35.7 Å². The minimum Gasteiger partial charge on any atom is -0.489 e. The molecule has 2 fully saturated rings. The lowest BCUT2D eigenvalue weighted by Crippen LogP contribution is -2.52. The van der Waals surface area contributed by atoms with Gasteiger partial charge < -0.3 is 30.1 Å². The van der Waals surface area contributed by atoms with Gasteiger partial charge in [0.05, 0.1) is 24.8 Å². The molecule has 44 heavy (non-hydrogen) atoms. The molecule has 0 aromatic heterocycles. The van der Waals surface area contributed by atoms with Gasteiger partial charge in [-0.3, -0.25) is 9.59 Å². The number of hydrogen-bond donors (Lipinski definition) is 3. The minimum absolute atomic E-state index is 0.0198. The fraction of sp³-hybridized carbons (Fsp3) is 0.412. The van der Waals surface area contributed by atoms with E-state index in [4.69, 9.17) is 9.47 Å². The van der Waals surface area contributed by atoms with Crippen molar-refractivity contribution in [2.75, 3.05) is 26.8 Å². The van der Waals surface area contributed by atoms with Crippen LogP contribution in [0.5, 0.6) is 5.75 Å². The van der Waals surface area contributed by atoms with Crippen LogP contribution in [0.2, 0.25) is 0 Å². The Balaban J connectivity index is 1.34. The number of likely N-dealkylation sites (tertiary alicyclic amines) is 1. The Hall–Kier alpha value is -3.86. The van der Waals surface area contributed by atoms with Crippen molar-refractivity contribution in [1.82, 2.24) is 15.5 Å². The maximum atomic E-state index is 14.1. The van der Waals surface area contributed by atoms with Crippen molar-refractivity contribution in [1.29, 1.82) is 0 Å². The predicted octanol–water partition coefficient (Wildman–Crippen LogP) is 4.04. The molecule has 3 aromatic rings. The van der Waals surface area contributed by atoms with Gasteiger partial charge in [-0.15, -0.1) is 0 Å². The third-order valence-corrected chi connectivity index (χ3v) is 8.27. The second kappa shape index (κ2) is 14.3. The van der Waals surface area contributed by atoms with Crippen molar-refractivity contribution in [2.45, 2.75) is 62.9 Å². The quantitative estimate of drug-likeness (QED) is 0.305. The van der Waals surface area contributed by atoms with Gasteiger partial charge in [-0.2, -0.15) is 0 Å². The van der Waals surface area contributed by atoms with Crippen LogP contribution in [-0.4, -0.2) is 79.0 Å². The lowest BCUT2D eigenvalue weighted by atomic mass is 9.94. The van der Waals surface area contributed by atoms with Crippen LogP contribution in [0.15, 0.2) is 66.7 Å². The number of carbonyl (C=O) groups excluding carboxylic acids is 2. The van der Waals surface area contributed by atoms with Gasteiger partial charge in [0.2, 0.25) is 0 Å². The molecule has 3 N–H and O–H groups in total. The van der Waals surface area contributed by atoms with Gasteiger partial charge in [0.25, 0.3) is 11.8 Å². The lowest BCUT2D eigenvalue weighted by molar-refractivity contribution is 0.0630. The molecule has 0 spiro atoms. The topological polar surface area (TPSA) is 100 Å². The van der Waals surface area contributed by atoms with E-state index in [9.17, 15) is 23.5 Å². The summed E-state index contributed by atoms with van der Waals surface area (Å²) >= 11 is 0. The Bertz CT molecular complexity index is 1440. The number of aliphatic hydroxyl groups excluding tert-OH is 1. The molecular weight excluding hydrogens is 568 g/mol. The summed E-state index contributed by atoms with van der Waals surface area (Å²) in [5.74, 6) is -1.46. The monoisotopic (exact) mass is 607 g/mol. The van der Waals surface area contributed by atoms with Crippen molar-refractivity contribution in [3.05, 3.63) is 101 Å². The summed E-state index contributed by atoms with van der Waals surface area (Å²) in [5.41, 5.74) is 1.66. The van der Waals surface area contributed by atoms with Crippen molar-refractivity contribution < 1.29 is 33.0 Å². The number of amides is 2. The summed E-state index contributed by atoms with van der Waals surface area (Å²) in [6, 6.07) is 16.1. The number of carbonyl (C=O) groups is 2. The van der Waals surface area contributed by atoms with Crippen LogP contribution in [0.4, 0.5) is 8.78 Å². The van der Waals surface area contributed by atoms with Crippen LogP contribution < -0.4 is 15.4 Å². The van der Waals surface area contributed by atoms with Crippen LogP contribution in [0.3, 0.4) is 0 Å². The first kappa shape index (κ1) is 31.6. The highest BCUT2D eigenvalue weighted by Gasteiger charge is 2.36. The third-order valence-electron chi connectivity index (χ3n) is 8.27. The molecule has 2 aliphatic heterocycles. The molecule has 5 atom stereocenters. The average Bonchev–Trinajstić information content (AvgIpc) is 3.66. The first-order valence-electron chi connectivity index (χ1n) is 15.0. The molecule has 234 valence electrons. The summed E-state index contributed by atoms with van der Waals surface area (Å²) in [7, 11) is 1.61. The number of aryl methyl sites for hydroxylation is 1. The molecule has 10 heteroatoms. The molecule has 0 radical (unpaired) electrons. The maximum absolute atomic E-state index is 14.1. The second-order valence-corrected chi connectivity index (χ2v) is 11.7. The highest BCUT2D eigenvalue weighted by atomic mass is 19.1. The number of aliphatic hydroxyl groups is 1. The zero-order valence-corrected chi connectivity index (χ0v) is 25.0. The number of para-hydroxylation sites is 1. The van der Waals surface area contributed by atoms with Crippen molar-refractivity contribution in [3.8, 4) is 5.75 Å². The number of benzene rings is 3. The van der Waals surface area contributed by atoms with E-state index in [2.05, 4.69) is 10.6 Å². The van der Waals surface area contributed by atoms with E-state index in [1.807, 2.05) is 30.3 Å². The summed E-state index contributed by atoms with van der Waals surface area (Å²) in [6.45, 7) is 3.35. The van der Waals surface area contributed by atoms with Gasteiger partial charge in [-0.25, -0.2) is 8.78 Å². The van der Waals surface area contributed by atoms with Crippen LogP contribution >= 0.6 is 0 Å². The first-order chi connectivity index (χ1) is 21.2. The second-order valence-electron chi connectivity index (χ2n) is 11.7.